The van der Waals surface area contributed by atoms with Crippen molar-refractivity contribution in [3.8, 4) is 0 Å². The molecule has 0 saturated carbocycles. The molecule has 0 fully saturated rings. The van der Waals surface area contributed by atoms with Crippen molar-refractivity contribution in [2.75, 3.05) is 11.9 Å². The Bertz CT molecular complexity index is 899. The van der Waals surface area contributed by atoms with Crippen molar-refractivity contribution in [1.82, 2.24) is 15.3 Å². The average Bonchev–Trinajstić information content (AvgIpc) is 2.69. The lowest BCUT2D eigenvalue weighted by Gasteiger charge is -2.08. The summed E-state index contributed by atoms with van der Waals surface area (Å²) in [5, 5.41) is 5.70. The molecular formula is C20H18F2N4O. The maximum atomic E-state index is 13.6. The summed E-state index contributed by atoms with van der Waals surface area (Å²) in [6, 6.07) is 12.6. The number of anilines is 1. The molecule has 7 heteroatoms. The zero-order valence-electron chi connectivity index (χ0n) is 14.5. The number of hydrogen-bond donors (Lipinski definition) is 2. The van der Waals surface area contributed by atoms with Crippen molar-refractivity contribution < 1.29 is 13.6 Å². The molecule has 2 N–H and O–H groups in total. The quantitative estimate of drug-likeness (QED) is 0.671. The minimum atomic E-state index is -0.342. The predicted molar refractivity (Wildman–Crippen MR) is 98.2 cm³/mol. The molecule has 0 radical (unpaired) electrons. The monoisotopic (exact) mass is 368 g/mol. The van der Waals surface area contributed by atoms with Gasteiger partial charge in [0.05, 0.1) is 12.4 Å². The van der Waals surface area contributed by atoms with Gasteiger partial charge in [-0.2, -0.15) is 0 Å². The SMILES string of the molecule is O=C(NCCc1ccc(F)cc1)c1cnc(NCc2ccccc2F)cn1. The molecule has 0 spiro atoms. The average molecular weight is 368 g/mol. The van der Waals surface area contributed by atoms with Crippen LogP contribution in [0.2, 0.25) is 0 Å². The topological polar surface area (TPSA) is 66.9 Å². The highest BCUT2D eigenvalue weighted by atomic mass is 19.1. The number of halogens is 2. The molecule has 0 aliphatic heterocycles. The molecule has 2 aromatic carbocycles. The standard InChI is InChI=1S/C20H18F2N4O/c21-16-7-5-14(6-8-16)9-10-23-20(27)18-12-26-19(13-24-18)25-11-15-3-1-2-4-17(15)22/h1-8,12-13H,9-11H2,(H,23,27)(H,25,26). The lowest BCUT2D eigenvalue weighted by atomic mass is 10.1. The summed E-state index contributed by atoms with van der Waals surface area (Å²) in [6.07, 6.45) is 3.37. The van der Waals surface area contributed by atoms with Crippen LogP contribution in [0, 0.1) is 11.6 Å². The third kappa shape index (κ3) is 5.31. The lowest BCUT2D eigenvalue weighted by Crippen LogP contribution is -2.26. The van der Waals surface area contributed by atoms with E-state index in [9.17, 15) is 13.6 Å². The highest BCUT2D eigenvalue weighted by molar-refractivity contribution is 5.91. The van der Waals surface area contributed by atoms with E-state index in [4.69, 9.17) is 0 Å². The molecule has 3 rings (SSSR count). The number of carbonyl (C=O) groups excluding carboxylic acids is 1. The first-order valence-electron chi connectivity index (χ1n) is 8.44. The van der Waals surface area contributed by atoms with E-state index in [1.807, 2.05) is 0 Å². The number of amides is 1. The van der Waals surface area contributed by atoms with E-state index in [1.54, 1.807) is 30.3 Å². The smallest absolute Gasteiger partial charge is 0.271 e. The van der Waals surface area contributed by atoms with Gasteiger partial charge in [-0.3, -0.25) is 4.79 Å². The van der Waals surface area contributed by atoms with Crippen LogP contribution in [0.15, 0.2) is 60.9 Å². The molecule has 1 heterocycles. The second-order valence-corrected chi connectivity index (χ2v) is 5.86. The van der Waals surface area contributed by atoms with Gasteiger partial charge < -0.3 is 10.6 Å². The summed E-state index contributed by atoms with van der Waals surface area (Å²) in [4.78, 5) is 20.3. The zero-order valence-corrected chi connectivity index (χ0v) is 14.5. The van der Waals surface area contributed by atoms with Crippen LogP contribution in [0.3, 0.4) is 0 Å². The van der Waals surface area contributed by atoms with Gasteiger partial charge in [0, 0.05) is 18.7 Å². The molecule has 0 aliphatic rings. The van der Waals surface area contributed by atoms with Gasteiger partial charge in [-0.1, -0.05) is 30.3 Å². The summed E-state index contributed by atoms with van der Waals surface area (Å²) < 4.78 is 26.4. The van der Waals surface area contributed by atoms with Crippen molar-refractivity contribution in [1.29, 1.82) is 0 Å². The molecule has 5 nitrogen and oxygen atoms in total. The van der Waals surface area contributed by atoms with Crippen LogP contribution in [0.4, 0.5) is 14.6 Å². The first-order valence-corrected chi connectivity index (χ1v) is 8.44. The number of nitrogens with one attached hydrogen (secondary N) is 2. The molecule has 27 heavy (non-hydrogen) atoms. The fourth-order valence-electron chi connectivity index (χ4n) is 2.43. The predicted octanol–water partition coefficient (Wildman–Crippen LogP) is 3.34. The molecule has 138 valence electrons. The zero-order chi connectivity index (χ0) is 19.1. The van der Waals surface area contributed by atoms with E-state index in [0.29, 0.717) is 24.3 Å². The molecule has 0 saturated heterocycles. The van der Waals surface area contributed by atoms with Crippen molar-refractivity contribution in [2.24, 2.45) is 0 Å². The number of carbonyl (C=O) groups is 1. The first kappa shape index (κ1) is 18.4. The van der Waals surface area contributed by atoms with Crippen LogP contribution < -0.4 is 10.6 Å². The molecule has 0 atom stereocenters. The van der Waals surface area contributed by atoms with E-state index in [2.05, 4.69) is 20.6 Å². The first-order chi connectivity index (χ1) is 13.1. The highest BCUT2D eigenvalue weighted by Gasteiger charge is 2.08. The molecule has 1 amide bonds. The summed E-state index contributed by atoms with van der Waals surface area (Å²) in [5.74, 6) is -0.483. The van der Waals surface area contributed by atoms with Gasteiger partial charge in [-0.05, 0) is 30.2 Å². The van der Waals surface area contributed by atoms with Crippen LogP contribution in [0.1, 0.15) is 21.6 Å². The molecule has 3 aromatic rings. The van der Waals surface area contributed by atoms with Crippen LogP contribution in [-0.4, -0.2) is 22.4 Å². The maximum absolute atomic E-state index is 13.6. The lowest BCUT2D eigenvalue weighted by molar-refractivity contribution is 0.0949. The van der Waals surface area contributed by atoms with E-state index < -0.39 is 0 Å². The van der Waals surface area contributed by atoms with E-state index in [-0.39, 0.29) is 29.8 Å². The van der Waals surface area contributed by atoms with Crippen molar-refractivity contribution >= 4 is 11.7 Å². The Labute approximate surface area is 155 Å². The third-order valence-corrected chi connectivity index (χ3v) is 3.91. The Kier molecular flexibility index (Phi) is 6.04. The molecule has 1 aromatic heterocycles. The fourth-order valence-corrected chi connectivity index (χ4v) is 2.43. The summed E-state index contributed by atoms with van der Waals surface area (Å²) in [6.45, 7) is 0.671. The number of benzene rings is 2. The second-order valence-electron chi connectivity index (χ2n) is 5.86. The number of aromatic nitrogens is 2. The molecule has 0 bridgehead atoms. The fraction of sp³-hybridized carbons (Fsp3) is 0.150. The maximum Gasteiger partial charge on any atom is 0.271 e. The summed E-state index contributed by atoms with van der Waals surface area (Å²) in [7, 11) is 0. The van der Waals surface area contributed by atoms with E-state index >= 15 is 0 Å². The van der Waals surface area contributed by atoms with Crippen LogP contribution >= 0.6 is 0 Å². The number of nitrogens with zero attached hydrogens (tertiary/aromatic N) is 2. The van der Waals surface area contributed by atoms with Crippen LogP contribution in [0.5, 0.6) is 0 Å². The Morgan fingerprint density at radius 3 is 2.44 bits per heavy atom. The van der Waals surface area contributed by atoms with Gasteiger partial charge in [-0.25, -0.2) is 18.7 Å². The Morgan fingerprint density at radius 2 is 1.74 bits per heavy atom. The molecule has 0 unspecified atom stereocenters. The summed E-state index contributed by atoms with van der Waals surface area (Å²) >= 11 is 0. The van der Waals surface area contributed by atoms with Gasteiger partial charge in [0.2, 0.25) is 0 Å². The highest BCUT2D eigenvalue weighted by Crippen LogP contribution is 2.09. The minimum Gasteiger partial charge on any atom is -0.365 e. The Balaban J connectivity index is 1.48. The Hall–Kier alpha value is -3.35. The van der Waals surface area contributed by atoms with Gasteiger partial charge in [0.15, 0.2) is 0 Å². The molecular weight excluding hydrogens is 350 g/mol. The van der Waals surface area contributed by atoms with Crippen molar-refractivity contribution in [2.45, 2.75) is 13.0 Å². The normalized spacial score (nSPS) is 10.4. The number of hydrogen-bond acceptors (Lipinski definition) is 4. The van der Waals surface area contributed by atoms with Crippen molar-refractivity contribution in [3.05, 3.63) is 89.4 Å². The van der Waals surface area contributed by atoms with Gasteiger partial charge in [0.1, 0.15) is 23.1 Å². The second kappa shape index (κ2) is 8.84. The van der Waals surface area contributed by atoms with Gasteiger partial charge in [-0.15, -0.1) is 0 Å². The van der Waals surface area contributed by atoms with Gasteiger partial charge in [0.25, 0.3) is 5.91 Å². The van der Waals surface area contributed by atoms with Crippen LogP contribution in [0.25, 0.3) is 0 Å². The van der Waals surface area contributed by atoms with Crippen molar-refractivity contribution in [3.63, 3.8) is 0 Å². The van der Waals surface area contributed by atoms with E-state index in [0.717, 1.165) is 5.56 Å². The number of rotatable bonds is 7. The van der Waals surface area contributed by atoms with Gasteiger partial charge >= 0.3 is 0 Å². The van der Waals surface area contributed by atoms with Crippen LogP contribution in [-0.2, 0) is 13.0 Å². The third-order valence-electron chi connectivity index (χ3n) is 3.91. The Morgan fingerprint density at radius 1 is 0.963 bits per heavy atom. The minimum absolute atomic E-state index is 0.186. The molecule has 0 aliphatic carbocycles. The van der Waals surface area contributed by atoms with E-state index in [1.165, 1.54) is 30.6 Å². The largest absolute Gasteiger partial charge is 0.365 e. The summed E-state index contributed by atoms with van der Waals surface area (Å²) in [5.41, 5.74) is 1.63.